The fraction of sp³-hybridized carbons (Fsp3) is 0.350. The zero-order valence-corrected chi connectivity index (χ0v) is 16.3. The molecule has 0 saturated heterocycles. The van der Waals surface area contributed by atoms with E-state index >= 15 is 0 Å². The summed E-state index contributed by atoms with van der Waals surface area (Å²) >= 11 is 1.56. The van der Waals surface area contributed by atoms with Gasteiger partial charge in [-0.05, 0) is 51.0 Å². The lowest BCUT2D eigenvalue weighted by Crippen LogP contribution is -2.21. The second kappa shape index (κ2) is 8.76. The van der Waals surface area contributed by atoms with Gasteiger partial charge in [-0.2, -0.15) is 0 Å². The number of ether oxygens (including phenoxy) is 1. The first-order valence-corrected chi connectivity index (χ1v) is 9.21. The van der Waals surface area contributed by atoms with E-state index in [1.165, 1.54) is 0 Å². The Kier molecular flexibility index (Phi) is 6.69. The molecule has 1 heterocycles. The highest BCUT2D eigenvalue weighted by atomic mass is 32.1. The average molecular weight is 373 g/mol. The van der Waals surface area contributed by atoms with E-state index in [-0.39, 0.29) is 25.2 Å². The number of rotatable bonds is 7. The van der Waals surface area contributed by atoms with Crippen molar-refractivity contribution in [3.05, 3.63) is 50.7 Å². The summed E-state index contributed by atoms with van der Waals surface area (Å²) in [7, 11) is 0. The second-order valence-electron chi connectivity index (χ2n) is 6.28. The van der Waals surface area contributed by atoms with E-state index in [0.717, 1.165) is 20.9 Å². The van der Waals surface area contributed by atoms with Crippen molar-refractivity contribution in [1.29, 1.82) is 0 Å². The van der Waals surface area contributed by atoms with Gasteiger partial charge in [-0.1, -0.05) is 12.1 Å². The van der Waals surface area contributed by atoms with Gasteiger partial charge in [-0.15, -0.1) is 11.3 Å². The lowest BCUT2D eigenvalue weighted by Gasteiger charge is -2.09. The number of hydrogen-bond acceptors (Lipinski definition) is 5. The van der Waals surface area contributed by atoms with Gasteiger partial charge in [0.05, 0.1) is 6.42 Å². The van der Waals surface area contributed by atoms with Crippen LogP contribution < -0.4 is 5.32 Å². The molecule has 26 heavy (non-hydrogen) atoms. The van der Waals surface area contributed by atoms with E-state index in [2.05, 4.69) is 5.32 Å². The third kappa shape index (κ3) is 5.52. The van der Waals surface area contributed by atoms with Gasteiger partial charge in [0.2, 0.25) is 0 Å². The van der Waals surface area contributed by atoms with Gasteiger partial charge < -0.3 is 10.1 Å². The molecular weight excluding hydrogens is 350 g/mol. The van der Waals surface area contributed by atoms with Crippen LogP contribution in [0.25, 0.3) is 0 Å². The van der Waals surface area contributed by atoms with E-state index in [9.17, 15) is 14.4 Å². The van der Waals surface area contributed by atoms with Gasteiger partial charge in [-0.25, -0.2) is 0 Å². The minimum absolute atomic E-state index is 0.0378. The summed E-state index contributed by atoms with van der Waals surface area (Å²) in [6, 6.07) is 7.57. The number of benzene rings is 1. The zero-order valence-electron chi connectivity index (χ0n) is 15.5. The monoisotopic (exact) mass is 373 g/mol. The number of ketones is 1. The highest BCUT2D eigenvalue weighted by Crippen LogP contribution is 2.22. The summed E-state index contributed by atoms with van der Waals surface area (Å²) < 4.78 is 4.97. The Morgan fingerprint density at radius 2 is 1.77 bits per heavy atom. The molecule has 2 aromatic rings. The van der Waals surface area contributed by atoms with Crippen LogP contribution in [0.1, 0.15) is 44.1 Å². The maximum absolute atomic E-state index is 12.2. The summed E-state index contributed by atoms with van der Waals surface area (Å²) in [6.07, 6.45) is 0.0401. The first-order chi connectivity index (χ1) is 12.3. The summed E-state index contributed by atoms with van der Waals surface area (Å²) in [5.74, 6) is -1.04. The van der Waals surface area contributed by atoms with Gasteiger partial charge in [0.1, 0.15) is 0 Å². The molecule has 0 spiro atoms. The maximum Gasteiger partial charge on any atom is 0.306 e. The molecule has 0 aliphatic rings. The largest absolute Gasteiger partial charge is 0.456 e. The topological polar surface area (TPSA) is 72.5 Å². The molecule has 1 N–H and O–H groups in total. The van der Waals surface area contributed by atoms with Crippen molar-refractivity contribution in [2.45, 2.75) is 40.5 Å². The van der Waals surface area contributed by atoms with Crippen LogP contribution >= 0.6 is 11.3 Å². The third-order valence-corrected chi connectivity index (χ3v) is 4.89. The van der Waals surface area contributed by atoms with Gasteiger partial charge in [0, 0.05) is 27.4 Å². The van der Waals surface area contributed by atoms with Crippen LogP contribution in [-0.4, -0.2) is 24.3 Å². The number of hydrogen-bond donors (Lipinski definition) is 1. The van der Waals surface area contributed by atoms with E-state index in [1.807, 2.05) is 52.0 Å². The number of thiophene rings is 1. The fourth-order valence-corrected chi connectivity index (χ4v) is 3.48. The van der Waals surface area contributed by atoms with Crippen LogP contribution in [0.5, 0.6) is 0 Å². The molecule has 138 valence electrons. The molecule has 0 aliphatic carbocycles. The molecule has 0 radical (unpaired) electrons. The van der Waals surface area contributed by atoms with Gasteiger partial charge in [0.15, 0.2) is 12.4 Å². The maximum atomic E-state index is 12.2. The molecule has 2 rings (SSSR count). The number of aryl methyl sites for hydroxylation is 4. The summed E-state index contributed by atoms with van der Waals surface area (Å²) in [5, 5.41) is 2.73. The van der Waals surface area contributed by atoms with Gasteiger partial charge in [-0.3, -0.25) is 14.4 Å². The smallest absolute Gasteiger partial charge is 0.306 e. The summed E-state index contributed by atoms with van der Waals surface area (Å²) in [4.78, 5) is 37.9. The van der Waals surface area contributed by atoms with Crippen molar-refractivity contribution in [2.24, 2.45) is 0 Å². The molecule has 0 fully saturated rings. The first kappa shape index (κ1) is 19.8. The second-order valence-corrected chi connectivity index (χ2v) is 7.74. The van der Waals surface area contributed by atoms with Gasteiger partial charge >= 0.3 is 5.97 Å². The van der Waals surface area contributed by atoms with Crippen LogP contribution in [0, 0.1) is 27.7 Å². The Balaban J connectivity index is 1.77. The normalized spacial score (nSPS) is 10.5. The Morgan fingerprint density at radius 1 is 1.04 bits per heavy atom. The highest BCUT2D eigenvalue weighted by Gasteiger charge is 2.15. The van der Waals surface area contributed by atoms with Crippen LogP contribution in [0.15, 0.2) is 24.3 Å². The van der Waals surface area contributed by atoms with Crippen molar-refractivity contribution >= 4 is 34.7 Å². The number of carbonyl (C=O) groups excluding carboxylic acids is 3. The quantitative estimate of drug-likeness (QED) is 0.585. The average Bonchev–Trinajstić information content (AvgIpc) is 2.92. The standard InChI is InChI=1S/C20H23NO4S/c1-12-5-6-13(2)17(9-12)21-19(23)11-25-20(24)8-7-18(22)16-10-14(3)26-15(16)4/h5-6,9-10H,7-8,11H2,1-4H3,(H,21,23). The van der Waals surface area contributed by atoms with Crippen molar-refractivity contribution in [2.75, 3.05) is 11.9 Å². The molecule has 0 aliphatic heterocycles. The Labute approximate surface area is 157 Å². The SMILES string of the molecule is Cc1ccc(C)c(NC(=O)COC(=O)CCC(=O)c2cc(C)sc2C)c1. The van der Waals surface area contributed by atoms with Crippen LogP contribution in [0.4, 0.5) is 5.69 Å². The van der Waals surface area contributed by atoms with E-state index in [1.54, 1.807) is 11.3 Å². The number of anilines is 1. The molecule has 1 aromatic carbocycles. The zero-order chi connectivity index (χ0) is 19.3. The number of Topliss-reactive ketones (excluding diaryl/α,β-unsaturated/α-hetero) is 1. The third-order valence-electron chi connectivity index (χ3n) is 3.93. The molecule has 6 heteroatoms. The Morgan fingerprint density at radius 3 is 2.42 bits per heavy atom. The minimum Gasteiger partial charge on any atom is -0.456 e. The van der Waals surface area contributed by atoms with Crippen molar-refractivity contribution < 1.29 is 19.1 Å². The molecule has 5 nitrogen and oxygen atoms in total. The van der Waals surface area contributed by atoms with Crippen molar-refractivity contribution in [1.82, 2.24) is 0 Å². The molecule has 0 unspecified atom stereocenters. The number of carbonyl (C=O) groups is 3. The molecular formula is C20H23NO4S. The van der Waals surface area contributed by atoms with E-state index in [4.69, 9.17) is 4.74 Å². The number of amides is 1. The molecule has 0 bridgehead atoms. The molecule has 1 amide bonds. The summed E-state index contributed by atoms with van der Waals surface area (Å²) in [6.45, 7) is 7.29. The Bertz CT molecular complexity index is 838. The van der Waals surface area contributed by atoms with Gasteiger partial charge in [0.25, 0.3) is 5.91 Å². The van der Waals surface area contributed by atoms with E-state index < -0.39 is 11.9 Å². The minimum atomic E-state index is -0.556. The molecule has 1 aromatic heterocycles. The first-order valence-electron chi connectivity index (χ1n) is 8.39. The molecule has 0 saturated carbocycles. The summed E-state index contributed by atoms with van der Waals surface area (Å²) in [5.41, 5.74) is 3.32. The lowest BCUT2D eigenvalue weighted by atomic mass is 10.1. The van der Waals surface area contributed by atoms with Crippen LogP contribution in [0.2, 0.25) is 0 Å². The predicted molar refractivity (Wildman–Crippen MR) is 103 cm³/mol. The van der Waals surface area contributed by atoms with Crippen molar-refractivity contribution in [3.8, 4) is 0 Å². The van der Waals surface area contributed by atoms with Crippen molar-refractivity contribution in [3.63, 3.8) is 0 Å². The van der Waals surface area contributed by atoms with Crippen LogP contribution in [0.3, 0.4) is 0 Å². The fourth-order valence-electron chi connectivity index (χ4n) is 2.53. The number of nitrogens with one attached hydrogen (secondary N) is 1. The number of esters is 1. The lowest BCUT2D eigenvalue weighted by molar-refractivity contribution is -0.147. The highest BCUT2D eigenvalue weighted by molar-refractivity contribution is 7.12. The molecule has 0 atom stereocenters. The van der Waals surface area contributed by atoms with E-state index in [0.29, 0.717) is 11.3 Å². The predicted octanol–water partition coefficient (Wildman–Crippen LogP) is 4.13. The van der Waals surface area contributed by atoms with Crippen LogP contribution in [-0.2, 0) is 14.3 Å². The Hall–Kier alpha value is -2.47.